The average molecular weight is 391 g/mol. The van der Waals surface area contributed by atoms with E-state index in [-0.39, 0.29) is 12.4 Å². The first kappa shape index (κ1) is 18.3. The number of nitrogens with zero attached hydrogens (tertiary/aromatic N) is 2. The molecule has 0 amide bonds. The molecule has 0 unspecified atom stereocenters. The van der Waals surface area contributed by atoms with E-state index in [0.717, 1.165) is 0 Å². The van der Waals surface area contributed by atoms with Crippen molar-refractivity contribution in [3.8, 4) is 5.75 Å². The van der Waals surface area contributed by atoms with E-state index in [1.807, 2.05) is 6.92 Å². The second kappa shape index (κ2) is 8.25. The molecular weight excluding hydrogens is 375 g/mol. The Morgan fingerprint density at radius 2 is 2.00 bits per heavy atom. The van der Waals surface area contributed by atoms with Crippen molar-refractivity contribution in [1.82, 2.24) is 9.78 Å². The Labute approximate surface area is 160 Å². The summed E-state index contributed by atoms with van der Waals surface area (Å²) in [5, 5.41) is 5.03. The van der Waals surface area contributed by atoms with Gasteiger partial charge in [-0.3, -0.25) is 9.48 Å². The maximum atomic E-state index is 12.1. The molecule has 0 aliphatic heterocycles. The van der Waals surface area contributed by atoms with Crippen molar-refractivity contribution in [3.05, 3.63) is 75.9 Å². The SMILES string of the molecule is CCn1ccc(C(=O)/C=C/c2ccc(COc3c(Cl)cccc3Cl)o2)n1. The fourth-order valence-corrected chi connectivity index (χ4v) is 2.74. The van der Waals surface area contributed by atoms with Gasteiger partial charge in [-0.1, -0.05) is 29.3 Å². The molecule has 0 fully saturated rings. The third kappa shape index (κ3) is 4.36. The maximum absolute atomic E-state index is 12.1. The fourth-order valence-electron chi connectivity index (χ4n) is 2.24. The molecule has 2 heterocycles. The number of para-hydroxylation sites is 1. The van der Waals surface area contributed by atoms with Crippen LogP contribution in [-0.2, 0) is 13.2 Å². The monoisotopic (exact) mass is 390 g/mol. The number of carbonyl (C=O) groups excluding carboxylic acids is 1. The summed E-state index contributed by atoms with van der Waals surface area (Å²) in [6.45, 7) is 2.85. The molecule has 5 nitrogen and oxygen atoms in total. The van der Waals surface area contributed by atoms with Gasteiger partial charge in [0, 0.05) is 12.7 Å². The Hall–Kier alpha value is -2.50. The number of benzene rings is 1. The molecule has 2 aromatic heterocycles. The molecule has 0 aliphatic rings. The molecule has 0 bridgehead atoms. The van der Waals surface area contributed by atoms with Crippen LogP contribution in [0.15, 0.2) is 53.1 Å². The first-order valence-electron chi connectivity index (χ1n) is 7.98. The van der Waals surface area contributed by atoms with Crippen molar-refractivity contribution in [3.63, 3.8) is 0 Å². The van der Waals surface area contributed by atoms with Crippen LogP contribution in [0.2, 0.25) is 10.0 Å². The van der Waals surface area contributed by atoms with Crippen LogP contribution in [-0.4, -0.2) is 15.6 Å². The zero-order valence-corrected chi connectivity index (χ0v) is 15.5. The van der Waals surface area contributed by atoms with Crippen LogP contribution in [0.5, 0.6) is 5.75 Å². The maximum Gasteiger partial charge on any atom is 0.206 e. The van der Waals surface area contributed by atoms with Gasteiger partial charge < -0.3 is 9.15 Å². The number of allylic oxidation sites excluding steroid dienone is 1. The van der Waals surface area contributed by atoms with E-state index in [2.05, 4.69) is 5.10 Å². The van der Waals surface area contributed by atoms with E-state index in [4.69, 9.17) is 32.4 Å². The molecule has 0 atom stereocenters. The summed E-state index contributed by atoms with van der Waals surface area (Å²) in [5.41, 5.74) is 0.395. The predicted octanol–water partition coefficient (Wildman–Crippen LogP) is 5.28. The van der Waals surface area contributed by atoms with E-state index in [1.165, 1.54) is 6.08 Å². The van der Waals surface area contributed by atoms with E-state index in [9.17, 15) is 4.79 Å². The first-order chi connectivity index (χ1) is 12.6. The van der Waals surface area contributed by atoms with Gasteiger partial charge in [-0.05, 0) is 49.4 Å². The van der Waals surface area contributed by atoms with Crippen molar-refractivity contribution >= 4 is 35.1 Å². The summed E-state index contributed by atoms with van der Waals surface area (Å²) < 4.78 is 12.9. The molecule has 0 radical (unpaired) electrons. The van der Waals surface area contributed by atoms with E-state index < -0.39 is 0 Å². The second-order valence-corrected chi connectivity index (χ2v) is 6.21. The molecular formula is C19H16Cl2N2O3. The third-order valence-corrected chi connectivity index (χ3v) is 4.17. The Bertz CT molecular complexity index is 924. The van der Waals surface area contributed by atoms with Gasteiger partial charge in [0.05, 0.1) is 10.0 Å². The van der Waals surface area contributed by atoms with Gasteiger partial charge in [-0.2, -0.15) is 5.10 Å². The van der Waals surface area contributed by atoms with Crippen molar-refractivity contribution in [2.45, 2.75) is 20.1 Å². The largest absolute Gasteiger partial charge is 0.483 e. The molecule has 26 heavy (non-hydrogen) atoms. The zero-order valence-electron chi connectivity index (χ0n) is 14.0. The van der Waals surface area contributed by atoms with Crippen LogP contribution >= 0.6 is 23.2 Å². The number of hydrogen-bond acceptors (Lipinski definition) is 4. The number of halogens is 2. The minimum Gasteiger partial charge on any atom is -0.483 e. The number of furan rings is 1. The summed E-state index contributed by atoms with van der Waals surface area (Å²) in [5.74, 6) is 1.35. The number of rotatable bonds is 7. The molecule has 0 N–H and O–H groups in total. The molecule has 0 saturated heterocycles. The lowest BCUT2D eigenvalue weighted by molar-refractivity contribution is 0.104. The second-order valence-electron chi connectivity index (χ2n) is 5.40. The van der Waals surface area contributed by atoms with Crippen molar-refractivity contribution in [1.29, 1.82) is 0 Å². The topological polar surface area (TPSA) is 57.3 Å². The normalized spacial score (nSPS) is 11.2. The number of hydrogen-bond donors (Lipinski definition) is 0. The molecule has 134 valence electrons. The number of aryl methyl sites for hydroxylation is 1. The fraction of sp³-hybridized carbons (Fsp3) is 0.158. The van der Waals surface area contributed by atoms with Crippen molar-refractivity contribution in [2.24, 2.45) is 0 Å². The van der Waals surface area contributed by atoms with Crippen LogP contribution < -0.4 is 4.74 Å². The molecule has 1 aromatic carbocycles. The van der Waals surface area contributed by atoms with Crippen LogP contribution in [0.4, 0.5) is 0 Å². The van der Waals surface area contributed by atoms with Gasteiger partial charge in [0.1, 0.15) is 23.8 Å². The number of aromatic nitrogens is 2. The van der Waals surface area contributed by atoms with Gasteiger partial charge in [-0.15, -0.1) is 0 Å². The molecule has 3 aromatic rings. The third-order valence-electron chi connectivity index (χ3n) is 3.58. The lowest BCUT2D eigenvalue weighted by Gasteiger charge is -2.07. The van der Waals surface area contributed by atoms with Crippen LogP contribution in [0.3, 0.4) is 0 Å². The average Bonchev–Trinajstić information content (AvgIpc) is 3.28. The highest BCUT2D eigenvalue weighted by Gasteiger charge is 2.09. The predicted molar refractivity (Wildman–Crippen MR) is 101 cm³/mol. The van der Waals surface area contributed by atoms with Gasteiger partial charge in [-0.25, -0.2) is 0 Å². The minimum absolute atomic E-state index is 0.173. The molecule has 7 heteroatoms. The standard InChI is InChI=1S/C19H16Cl2N2O3/c1-2-23-11-10-17(22-23)18(24)9-8-13-6-7-14(26-13)12-25-19-15(20)4-3-5-16(19)21/h3-11H,2,12H2,1H3/b9-8+. The van der Waals surface area contributed by atoms with Crippen molar-refractivity contribution < 1.29 is 13.9 Å². The number of ketones is 1. The van der Waals surface area contributed by atoms with Gasteiger partial charge in [0.25, 0.3) is 0 Å². The van der Waals surface area contributed by atoms with Gasteiger partial charge in [0.15, 0.2) is 5.75 Å². The Morgan fingerprint density at radius 3 is 2.69 bits per heavy atom. The molecule has 0 saturated carbocycles. The summed E-state index contributed by atoms with van der Waals surface area (Å²) in [4.78, 5) is 12.1. The molecule has 3 rings (SSSR count). The minimum atomic E-state index is -0.186. The number of carbonyl (C=O) groups is 1. The lowest BCUT2D eigenvalue weighted by atomic mass is 10.2. The van der Waals surface area contributed by atoms with Crippen LogP contribution in [0.1, 0.15) is 28.9 Å². The smallest absolute Gasteiger partial charge is 0.206 e. The van der Waals surface area contributed by atoms with Gasteiger partial charge in [0.2, 0.25) is 5.78 Å². The zero-order chi connectivity index (χ0) is 18.5. The number of ether oxygens (including phenoxy) is 1. The Morgan fingerprint density at radius 1 is 1.23 bits per heavy atom. The summed E-state index contributed by atoms with van der Waals surface area (Å²) in [7, 11) is 0. The van der Waals surface area contributed by atoms with Crippen LogP contribution in [0, 0.1) is 0 Å². The highest BCUT2D eigenvalue weighted by molar-refractivity contribution is 6.37. The highest BCUT2D eigenvalue weighted by atomic mass is 35.5. The van der Waals surface area contributed by atoms with E-state index in [1.54, 1.807) is 53.4 Å². The Balaban J connectivity index is 1.61. The molecule has 0 aliphatic carbocycles. The summed E-state index contributed by atoms with van der Waals surface area (Å²) in [6.07, 6.45) is 4.79. The lowest BCUT2D eigenvalue weighted by Crippen LogP contribution is -1.99. The highest BCUT2D eigenvalue weighted by Crippen LogP contribution is 2.33. The molecule has 0 spiro atoms. The summed E-state index contributed by atoms with van der Waals surface area (Å²) in [6, 6.07) is 10.3. The quantitative estimate of drug-likeness (QED) is 0.406. The van der Waals surface area contributed by atoms with E-state index in [0.29, 0.717) is 39.6 Å². The first-order valence-corrected chi connectivity index (χ1v) is 8.74. The van der Waals surface area contributed by atoms with E-state index >= 15 is 0 Å². The van der Waals surface area contributed by atoms with Crippen LogP contribution in [0.25, 0.3) is 6.08 Å². The van der Waals surface area contributed by atoms with Gasteiger partial charge >= 0.3 is 0 Å². The van der Waals surface area contributed by atoms with Crippen molar-refractivity contribution in [2.75, 3.05) is 0 Å². The summed E-state index contributed by atoms with van der Waals surface area (Å²) >= 11 is 12.1. The Kier molecular flexibility index (Phi) is 5.81.